The van der Waals surface area contributed by atoms with Gasteiger partial charge in [-0.2, -0.15) is 0 Å². The summed E-state index contributed by atoms with van der Waals surface area (Å²) in [5, 5.41) is 0. The lowest BCUT2D eigenvalue weighted by Gasteiger charge is -2.11. The van der Waals surface area contributed by atoms with Gasteiger partial charge in [-0.15, -0.1) is 0 Å². The molecular weight excluding hydrogens is 218 g/mol. The SMILES string of the molecule is Cc1ccc(CCC(N)Cc2ccccc2)cc1. The standard InChI is InChI=1S/C17H21N/c1-14-7-9-15(10-8-14)11-12-17(18)13-16-5-3-2-4-6-16/h2-10,17H,11-13,18H2,1H3. The Morgan fingerprint density at radius 3 is 2.22 bits per heavy atom. The van der Waals surface area contributed by atoms with E-state index in [1.807, 2.05) is 6.07 Å². The Bertz CT molecular complexity index is 459. The van der Waals surface area contributed by atoms with Gasteiger partial charge in [0, 0.05) is 6.04 Å². The van der Waals surface area contributed by atoms with Crippen molar-refractivity contribution in [2.24, 2.45) is 5.73 Å². The van der Waals surface area contributed by atoms with E-state index in [0.717, 1.165) is 19.3 Å². The van der Waals surface area contributed by atoms with Gasteiger partial charge < -0.3 is 5.73 Å². The maximum atomic E-state index is 6.18. The van der Waals surface area contributed by atoms with Crippen molar-refractivity contribution in [1.29, 1.82) is 0 Å². The van der Waals surface area contributed by atoms with Crippen LogP contribution in [0, 0.1) is 6.92 Å². The largest absolute Gasteiger partial charge is 0.327 e. The topological polar surface area (TPSA) is 26.0 Å². The van der Waals surface area contributed by atoms with Crippen LogP contribution in [0.4, 0.5) is 0 Å². The van der Waals surface area contributed by atoms with E-state index in [1.165, 1.54) is 16.7 Å². The van der Waals surface area contributed by atoms with E-state index in [9.17, 15) is 0 Å². The van der Waals surface area contributed by atoms with Crippen LogP contribution in [-0.2, 0) is 12.8 Å². The Morgan fingerprint density at radius 2 is 1.56 bits per heavy atom. The van der Waals surface area contributed by atoms with Crippen LogP contribution in [0.5, 0.6) is 0 Å². The molecule has 2 rings (SSSR count). The predicted molar refractivity (Wildman–Crippen MR) is 77.6 cm³/mol. The van der Waals surface area contributed by atoms with Crippen LogP contribution in [0.1, 0.15) is 23.1 Å². The second-order valence-corrected chi connectivity index (χ2v) is 4.97. The van der Waals surface area contributed by atoms with Gasteiger partial charge in [-0.05, 0) is 37.3 Å². The Labute approximate surface area is 110 Å². The van der Waals surface area contributed by atoms with Gasteiger partial charge in [0.05, 0.1) is 0 Å². The van der Waals surface area contributed by atoms with E-state index < -0.39 is 0 Å². The highest BCUT2D eigenvalue weighted by Gasteiger charge is 2.04. The Hall–Kier alpha value is -1.60. The molecule has 94 valence electrons. The van der Waals surface area contributed by atoms with Crippen molar-refractivity contribution in [1.82, 2.24) is 0 Å². The van der Waals surface area contributed by atoms with Crippen LogP contribution >= 0.6 is 0 Å². The summed E-state index contributed by atoms with van der Waals surface area (Å²) in [5.41, 5.74) is 10.2. The minimum Gasteiger partial charge on any atom is -0.327 e. The average Bonchev–Trinajstić information content (AvgIpc) is 2.39. The van der Waals surface area contributed by atoms with Crippen LogP contribution in [-0.4, -0.2) is 6.04 Å². The molecule has 0 amide bonds. The number of nitrogens with two attached hydrogens (primary N) is 1. The molecule has 0 aromatic heterocycles. The minimum absolute atomic E-state index is 0.244. The number of benzene rings is 2. The molecule has 0 spiro atoms. The highest BCUT2D eigenvalue weighted by atomic mass is 14.6. The molecule has 2 aromatic carbocycles. The average molecular weight is 239 g/mol. The first kappa shape index (κ1) is 12.8. The third-order valence-electron chi connectivity index (χ3n) is 3.27. The lowest BCUT2D eigenvalue weighted by atomic mass is 9.99. The smallest absolute Gasteiger partial charge is 0.00824 e. The second-order valence-electron chi connectivity index (χ2n) is 4.97. The molecule has 2 N–H and O–H groups in total. The van der Waals surface area contributed by atoms with Gasteiger partial charge in [-0.1, -0.05) is 60.2 Å². The third kappa shape index (κ3) is 4.01. The van der Waals surface area contributed by atoms with E-state index in [4.69, 9.17) is 5.73 Å². The Morgan fingerprint density at radius 1 is 0.889 bits per heavy atom. The molecule has 1 unspecified atom stereocenters. The summed E-state index contributed by atoms with van der Waals surface area (Å²) in [4.78, 5) is 0. The number of hydrogen-bond acceptors (Lipinski definition) is 1. The van der Waals surface area contributed by atoms with Crippen LogP contribution in [0.15, 0.2) is 54.6 Å². The van der Waals surface area contributed by atoms with Crippen LogP contribution in [0.3, 0.4) is 0 Å². The molecule has 0 radical (unpaired) electrons. The molecule has 0 aliphatic heterocycles. The third-order valence-corrected chi connectivity index (χ3v) is 3.27. The van der Waals surface area contributed by atoms with Crippen molar-refractivity contribution in [3.8, 4) is 0 Å². The molecule has 0 aliphatic carbocycles. The summed E-state index contributed by atoms with van der Waals surface area (Å²) in [6.07, 6.45) is 3.07. The second kappa shape index (κ2) is 6.36. The number of hydrogen-bond donors (Lipinski definition) is 1. The summed E-state index contributed by atoms with van der Waals surface area (Å²) in [7, 11) is 0. The predicted octanol–water partition coefficient (Wildman–Crippen LogP) is 3.50. The normalized spacial score (nSPS) is 12.3. The molecule has 0 saturated carbocycles. The van der Waals surface area contributed by atoms with Gasteiger partial charge in [-0.25, -0.2) is 0 Å². The Kier molecular flexibility index (Phi) is 4.54. The van der Waals surface area contributed by atoms with Crippen LogP contribution < -0.4 is 5.73 Å². The lowest BCUT2D eigenvalue weighted by Crippen LogP contribution is -2.23. The first-order valence-electron chi connectivity index (χ1n) is 6.59. The first-order valence-corrected chi connectivity index (χ1v) is 6.59. The van der Waals surface area contributed by atoms with Crippen molar-refractivity contribution in [3.63, 3.8) is 0 Å². The van der Waals surface area contributed by atoms with E-state index in [1.54, 1.807) is 0 Å². The van der Waals surface area contributed by atoms with Crippen molar-refractivity contribution in [3.05, 3.63) is 71.3 Å². The molecule has 0 heterocycles. The van der Waals surface area contributed by atoms with E-state index in [0.29, 0.717) is 0 Å². The van der Waals surface area contributed by atoms with Crippen LogP contribution in [0.2, 0.25) is 0 Å². The zero-order chi connectivity index (χ0) is 12.8. The van der Waals surface area contributed by atoms with Crippen molar-refractivity contribution < 1.29 is 0 Å². The molecular formula is C17H21N. The molecule has 1 atom stereocenters. The van der Waals surface area contributed by atoms with E-state index in [2.05, 4.69) is 55.5 Å². The quantitative estimate of drug-likeness (QED) is 0.849. The molecule has 18 heavy (non-hydrogen) atoms. The molecule has 1 heteroatoms. The summed E-state index contributed by atoms with van der Waals surface area (Å²) in [5.74, 6) is 0. The van der Waals surface area contributed by atoms with Crippen molar-refractivity contribution in [2.45, 2.75) is 32.2 Å². The summed E-state index contributed by atoms with van der Waals surface area (Å²) < 4.78 is 0. The van der Waals surface area contributed by atoms with Gasteiger partial charge in [0.2, 0.25) is 0 Å². The van der Waals surface area contributed by atoms with Gasteiger partial charge in [-0.3, -0.25) is 0 Å². The monoisotopic (exact) mass is 239 g/mol. The fourth-order valence-corrected chi connectivity index (χ4v) is 2.13. The fraction of sp³-hybridized carbons (Fsp3) is 0.294. The van der Waals surface area contributed by atoms with Gasteiger partial charge in [0.25, 0.3) is 0 Å². The molecule has 0 saturated heterocycles. The summed E-state index contributed by atoms with van der Waals surface area (Å²) in [6, 6.07) is 19.4. The molecule has 2 aromatic rings. The maximum absolute atomic E-state index is 6.18. The zero-order valence-corrected chi connectivity index (χ0v) is 11.0. The van der Waals surface area contributed by atoms with E-state index in [-0.39, 0.29) is 6.04 Å². The molecule has 1 nitrogen and oxygen atoms in total. The maximum Gasteiger partial charge on any atom is 0.00824 e. The van der Waals surface area contributed by atoms with E-state index >= 15 is 0 Å². The fourth-order valence-electron chi connectivity index (χ4n) is 2.13. The molecule has 0 aliphatic rings. The highest BCUT2D eigenvalue weighted by Crippen LogP contribution is 2.09. The van der Waals surface area contributed by atoms with Gasteiger partial charge in [0.1, 0.15) is 0 Å². The summed E-state index contributed by atoms with van der Waals surface area (Å²) in [6.45, 7) is 2.12. The number of rotatable bonds is 5. The van der Waals surface area contributed by atoms with Gasteiger partial charge in [0.15, 0.2) is 0 Å². The van der Waals surface area contributed by atoms with Crippen LogP contribution in [0.25, 0.3) is 0 Å². The first-order chi connectivity index (χ1) is 8.74. The van der Waals surface area contributed by atoms with Gasteiger partial charge >= 0.3 is 0 Å². The lowest BCUT2D eigenvalue weighted by molar-refractivity contribution is 0.610. The zero-order valence-electron chi connectivity index (χ0n) is 11.0. The molecule has 0 fully saturated rings. The van der Waals surface area contributed by atoms with Crippen molar-refractivity contribution in [2.75, 3.05) is 0 Å². The minimum atomic E-state index is 0.244. The molecule has 0 bridgehead atoms. The summed E-state index contributed by atoms with van der Waals surface area (Å²) >= 11 is 0. The highest BCUT2D eigenvalue weighted by molar-refractivity contribution is 5.21. The number of aryl methyl sites for hydroxylation is 2. The van der Waals surface area contributed by atoms with Crippen molar-refractivity contribution >= 4 is 0 Å². The Balaban J connectivity index is 1.81.